The maximum absolute atomic E-state index is 11.9. The molecule has 2 rings (SSSR count). The van der Waals surface area contributed by atoms with Crippen molar-refractivity contribution in [1.29, 1.82) is 0 Å². The molecule has 5 nitrogen and oxygen atoms in total. The summed E-state index contributed by atoms with van der Waals surface area (Å²) in [7, 11) is 0. The Morgan fingerprint density at radius 1 is 1.40 bits per heavy atom. The molecule has 1 amide bonds. The maximum atomic E-state index is 11.9. The lowest BCUT2D eigenvalue weighted by atomic mass is 10.2. The largest absolute Gasteiger partial charge is 0.484 e. The van der Waals surface area contributed by atoms with Crippen LogP contribution in [0.1, 0.15) is 19.4 Å². The summed E-state index contributed by atoms with van der Waals surface area (Å²) in [5, 5.41) is 3.22. The van der Waals surface area contributed by atoms with E-state index in [0.717, 1.165) is 24.5 Å². The van der Waals surface area contributed by atoms with Gasteiger partial charge in [-0.1, -0.05) is 12.1 Å². The molecule has 0 spiro atoms. The van der Waals surface area contributed by atoms with Crippen LogP contribution in [-0.4, -0.2) is 49.4 Å². The van der Waals surface area contributed by atoms with Crippen LogP contribution >= 0.6 is 0 Å². The van der Waals surface area contributed by atoms with E-state index in [1.807, 2.05) is 38.1 Å². The Bertz CT molecular complexity index is 496. The van der Waals surface area contributed by atoms with E-state index in [0.29, 0.717) is 18.8 Å². The molecule has 1 N–H and O–H groups in total. The zero-order valence-corrected chi connectivity index (χ0v) is 12.1. The highest BCUT2D eigenvalue weighted by molar-refractivity contribution is 6.00. The van der Waals surface area contributed by atoms with E-state index in [2.05, 4.69) is 10.3 Å². The van der Waals surface area contributed by atoms with Gasteiger partial charge >= 0.3 is 0 Å². The molecule has 1 aliphatic rings. The molecule has 20 heavy (non-hydrogen) atoms. The van der Waals surface area contributed by atoms with Crippen LogP contribution in [0.2, 0.25) is 0 Å². The van der Waals surface area contributed by atoms with Crippen molar-refractivity contribution in [3.63, 3.8) is 0 Å². The summed E-state index contributed by atoms with van der Waals surface area (Å²) in [6.07, 6.45) is 0. The third-order valence-electron chi connectivity index (χ3n) is 3.26. The molecular formula is C15H21N3O2. The Morgan fingerprint density at radius 3 is 2.85 bits per heavy atom. The summed E-state index contributed by atoms with van der Waals surface area (Å²) < 4.78 is 5.58. The Hall–Kier alpha value is -2.04. The van der Waals surface area contributed by atoms with E-state index >= 15 is 0 Å². The predicted octanol–water partition coefficient (Wildman–Crippen LogP) is 1.28. The second-order valence-electron chi connectivity index (χ2n) is 4.54. The SMILES string of the molecule is CCN(CC)C(=O)COc1cccc(C2=NCCN2)c1. The zero-order valence-electron chi connectivity index (χ0n) is 12.1. The van der Waals surface area contributed by atoms with E-state index in [9.17, 15) is 4.79 Å². The molecular weight excluding hydrogens is 254 g/mol. The van der Waals surface area contributed by atoms with Gasteiger partial charge in [-0.25, -0.2) is 0 Å². The molecule has 0 aromatic heterocycles. The van der Waals surface area contributed by atoms with Crippen molar-refractivity contribution in [2.24, 2.45) is 4.99 Å². The van der Waals surface area contributed by atoms with Crippen LogP contribution in [-0.2, 0) is 4.79 Å². The van der Waals surface area contributed by atoms with Crippen molar-refractivity contribution >= 4 is 11.7 Å². The Morgan fingerprint density at radius 2 is 2.20 bits per heavy atom. The van der Waals surface area contributed by atoms with Gasteiger partial charge in [0.15, 0.2) is 6.61 Å². The lowest BCUT2D eigenvalue weighted by molar-refractivity contribution is -0.132. The number of nitrogens with zero attached hydrogens (tertiary/aromatic N) is 2. The highest BCUT2D eigenvalue weighted by Gasteiger charge is 2.12. The van der Waals surface area contributed by atoms with Gasteiger partial charge in [0.25, 0.3) is 5.91 Å². The summed E-state index contributed by atoms with van der Waals surface area (Å²) in [6, 6.07) is 7.66. The first-order chi connectivity index (χ1) is 9.74. The van der Waals surface area contributed by atoms with Crippen molar-refractivity contribution in [1.82, 2.24) is 10.2 Å². The average molecular weight is 275 g/mol. The minimum Gasteiger partial charge on any atom is -0.484 e. The van der Waals surface area contributed by atoms with Crippen LogP contribution in [0, 0.1) is 0 Å². The topological polar surface area (TPSA) is 53.9 Å². The molecule has 0 radical (unpaired) electrons. The van der Waals surface area contributed by atoms with Crippen molar-refractivity contribution in [2.75, 3.05) is 32.8 Å². The number of amidine groups is 1. The minimum atomic E-state index is 0.0109. The molecule has 108 valence electrons. The van der Waals surface area contributed by atoms with E-state index in [-0.39, 0.29) is 12.5 Å². The molecule has 1 aromatic rings. The Labute approximate surface area is 119 Å². The van der Waals surface area contributed by atoms with Gasteiger partial charge in [-0.05, 0) is 26.0 Å². The van der Waals surface area contributed by atoms with Crippen LogP contribution in [0.15, 0.2) is 29.3 Å². The van der Waals surface area contributed by atoms with Gasteiger partial charge in [-0.2, -0.15) is 0 Å². The first kappa shape index (κ1) is 14.4. The fraction of sp³-hybridized carbons (Fsp3) is 0.467. The van der Waals surface area contributed by atoms with Crippen molar-refractivity contribution in [3.8, 4) is 5.75 Å². The molecule has 1 aliphatic heterocycles. The van der Waals surface area contributed by atoms with Crippen LogP contribution < -0.4 is 10.1 Å². The predicted molar refractivity (Wildman–Crippen MR) is 79.3 cm³/mol. The van der Waals surface area contributed by atoms with Gasteiger partial charge in [0.1, 0.15) is 11.6 Å². The second kappa shape index (κ2) is 6.93. The first-order valence-corrected chi connectivity index (χ1v) is 7.04. The molecule has 1 heterocycles. The number of nitrogens with one attached hydrogen (secondary N) is 1. The Kier molecular flexibility index (Phi) is 4.98. The molecule has 1 aromatic carbocycles. The average Bonchev–Trinajstić information content (AvgIpc) is 3.01. The Balaban J connectivity index is 1.96. The molecule has 0 unspecified atom stereocenters. The summed E-state index contributed by atoms with van der Waals surface area (Å²) in [5.41, 5.74) is 0.996. The van der Waals surface area contributed by atoms with Crippen LogP contribution in [0.3, 0.4) is 0 Å². The summed E-state index contributed by atoms with van der Waals surface area (Å²) in [6.45, 7) is 7.10. The summed E-state index contributed by atoms with van der Waals surface area (Å²) in [5.74, 6) is 1.60. The monoisotopic (exact) mass is 275 g/mol. The number of carbonyl (C=O) groups excluding carboxylic acids is 1. The number of aliphatic imine (C=N–C) groups is 1. The zero-order chi connectivity index (χ0) is 14.4. The number of likely N-dealkylation sites (N-methyl/N-ethyl adjacent to an activating group) is 1. The number of rotatable bonds is 6. The fourth-order valence-electron chi connectivity index (χ4n) is 2.14. The van der Waals surface area contributed by atoms with E-state index in [4.69, 9.17) is 4.74 Å². The number of ether oxygens (including phenoxy) is 1. The molecule has 0 fully saturated rings. The molecule has 0 aliphatic carbocycles. The first-order valence-electron chi connectivity index (χ1n) is 7.04. The van der Waals surface area contributed by atoms with Gasteiger partial charge in [0.05, 0.1) is 6.54 Å². The quantitative estimate of drug-likeness (QED) is 0.851. The lowest BCUT2D eigenvalue weighted by Crippen LogP contribution is -2.34. The summed E-state index contributed by atoms with van der Waals surface area (Å²) >= 11 is 0. The fourth-order valence-corrected chi connectivity index (χ4v) is 2.14. The van der Waals surface area contributed by atoms with Crippen LogP contribution in [0.25, 0.3) is 0 Å². The highest BCUT2D eigenvalue weighted by Crippen LogP contribution is 2.14. The number of carbonyl (C=O) groups is 1. The van der Waals surface area contributed by atoms with E-state index < -0.39 is 0 Å². The van der Waals surface area contributed by atoms with Gasteiger partial charge in [-0.15, -0.1) is 0 Å². The maximum Gasteiger partial charge on any atom is 0.260 e. The number of benzene rings is 1. The third-order valence-corrected chi connectivity index (χ3v) is 3.26. The van der Waals surface area contributed by atoms with Crippen molar-refractivity contribution < 1.29 is 9.53 Å². The standard InChI is InChI=1S/C15H21N3O2/c1-3-18(4-2)14(19)11-20-13-7-5-6-12(10-13)15-16-8-9-17-15/h5-7,10H,3-4,8-9,11H2,1-2H3,(H,16,17). The van der Waals surface area contributed by atoms with Gasteiger partial charge in [-0.3, -0.25) is 9.79 Å². The second-order valence-corrected chi connectivity index (χ2v) is 4.54. The molecule has 0 saturated carbocycles. The minimum absolute atomic E-state index is 0.0109. The molecule has 0 bridgehead atoms. The third kappa shape index (κ3) is 3.50. The molecule has 0 atom stereocenters. The highest BCUT2D eigenvalue weighted by atomic mass is 16.5. The van der Waals surface area contributed by atoms with Gasteiger partial charge in [0.2, 0.25) is 0 Å². The number of amides is 1. The van der Waals surface area contributed by atoms with Crippen LogP contribution in [0.5, 0.6) is 5.75 Å². The number of hydrogen-bond donors (Lipinski definition) is 1. The van der Waals surface area contributed by atoms with Gasteiger partial charge in [0, 0.05) is 25.2 Å². The van der Waals surface area contributed by atoms with Gasteiger partial charge < -0.3 is 15.0 Å². The molecule has 0 saturated heterocycles. The lowest BCUT2D eigenvalue weighted by Gasteiger charge is -2.18. The molecule has 5 heteroatoms. The van der Waals surface area contributed by atoms with E-state index in [1.54, 1.807) is 4.90 Å². The van der Waals surface area contributed by atoms with Crippen molar-refractivity contribution in [3.05, 3.63) is 29.8 Å². The summed E-state index contributed by atoms with van der Waals surface area (Å²) in [4.78, 5) is 18.0. The van der Waals surface area contributed by atoms with Crippen LogP contribution in [0.4, 0.5) is 0 Å². The smallest absolute Gasteiger partial charge is 0.260 e. The van der Waals surface area contributed by atoms with E-state index in [1.165, 1.54) is 0 Å². The number of hydrogen-bond acceptors (Lipinski definition) is 4. The normalized spacial score (nSPS) is 13.6. The van der Waals surface area contributed by atoms with Crippen molar-refractivity contribution in [2.45, 2.75) is 13.8 Å².